The molecular formula is C13H20F3NO3. The molecule has 1 fully saturated rings. The minimum atomic E-state index is -4.34. The Hall–Kier alpha value is -1.27. The molecule has 0 unspecified atom stereocenters. The van der Waals surface area contributed by atoms with E-state index in [9.17, 15) is 22.8 Å². The molecule has 2 atom stereocenters. The minimum Gasteiger partial charge on any atom is -0.469 e. The number of ether oxygens (including phenoxy) is 1. The first kappa shape index (κ1) is 16.8. The molecule has 1 amide bonds. The van der Waals surface area contributed by atoms with Crippen LogP contribution in [0.5, 0.6) is 0 Å². The van der Waals surface area contributed by atoms with E-state index in [0.717, 1.165) is 19.3 Å². The number of carbonyl (C=O) groups excluding carboxylic acids is 2. The lowest BCUT2D eigenvalue weighted by molar-refractivity contribution is -0.148. The average Bonchev–Trinajstić information content (AvgIpc) is 2.60. The summed E-state index contributed by atoms with van der Waals surface area (Å²) in [7, 11) is 1.27. The summed E-state index contributed by atoms with van der Waals surface area (Å²) in [6.07, 6.45) is -2.26. The second-order valence-corrected chi connectivity index (χ2v) is 5.06. The molecule has 0 saturated heterocycles. The van der Waals surface area contributed by atoms with Crippen LogP contribution in [0.2, 0.25) is 0 Å². The van der Waals surface area contributed by atoms with Crippen molar-refractivity contribution in [1.29, 1.82) is 0 Å². The second-order valence-electron chi connectivity index (χ2n) is 5.06. The van der Waals surface area contributed by atoms with Crippen LogP contribution in [-0.4, -0.2) is 31.2 Å². The number of esters is 1. The van der Waals surface area contributed by atoms with Crippen molar-refractivity contribution in [2.24, 2.45) is 5.92 Å². The van der Waals surface area contributed by atoms with Gasteiger partial charge in [0.2, 0.25) is 5.91 Å². The Bertz CT molecular complexity index is 344. The van der Waals surface area contributed by atoms with Gasteiger partial charge < -0.3 is 10.1 Å². The molecule has 4 nitrogen and oxygen atoms in total. The molecule has 20 heavy (non-hydrogen) atoms. The zero-order chi connectivity index (χ0) is 15.2. The number of hydrogen-bond donors (Lipinski definition) is 1. The van der Waals surface area contributed by atoms with Crippen LogP contribution in [0.15, 0.2) is 0 Å². The highest BCUT2D eigenvalue weighted by molar-refractivity contribution is 5.78. The number of carbonyl (C=O) groups is 2. The third-order valence-corrected chi connectivity index (χ3v) is 3.50. The van der Waals surface area contributed by atoms with Crippen molar-refractivity contribution in [3.05, 3.63) is 0 Å². The summed E-state index contributed by atoms with van der Waals surface area (Å²) in [6, 6.07) is -0.425. The molecule has 1 rings (SSSR count). The summed E-state index contributed by atoms with van der Waals surface area (Å²) < 4.78 is 40.9. The Kier molecular flexibility index (Phi) is 6.29. The van der Waals surface area contributed by atoms with Crippen LogP contribution in [0.25, 0.3) is 0 Å². The highest BCUT2D eigenvalue weighted by Gasteiger charge is 2.33. The van der Waals surface area contributed by atoms with Gasteiger partial charge in [-0.15, -0.1) is 0 Å². The van der Waals surface area contributed by atoms with Crippen LogP contribution < -0.4 is 5.32 Å². The Morgan fingerprint density at radius 3 is 2.45 bits per heavy atom. The standard InChI is InChI=1S/C13H20F3NO3/c1-20-12(19)9-5-3-2-4-6-10(9)17-11(18)7-8-13(14,15)16/h9-10H,2-8H2,1H3,(H,17,18)/t9-,10-/m1/s1. The molecule has 0 aromatic carbocycles. The minimum absolute atomic E-state index is 0.409. The van der Waals surface area contributed by atoms with E-state index in [1.165, 1.54) is 7.11 Å². The van der Waals surface area contributed by atoms with E-state index in [-0.39, 0.29) is 0 Å². The Morgan fingerprint density at radius 1 is 1.20 bits per heavy atom. The third-order valence-electron chi connectivity index (χ3n) is 3.50. The average molecular weight is 295 g/mol. The third kappa shape index (κ3) is 5.79. The molecule has 0 heterocycles. The Morgan fingerprint density at radius 2 is 1.85 bits per heavy atom. The normalized spacial score (nSPS) is 23.8. The molecule has 0 radical (unpaired) electrons. The molecule has 0 aliphatic heterocycles. The van der Waals surface area contributed by atoms with Gasteiger partial charge in [-0.2, -0.15) is 13.2 Å². The predicted octanol–water partition coefficient (Wildman–Crippen LogP) is 2.57. The van der Waals surface area contributed by atoms with Gasteiger partial charge in [0.1, 0.15) is 0 Å². The first-order valence-corrected chi connectivity index (χ1v) is 6.77. The monoisotopic (exact) mass is 295 g/mol. The van der Waals surface area contributed by atoms with E-state index in [2.05, 4.69) is 5.32 Å². The number of nitrogens with one attached hydrogen (secondary N) is 1. The molecule has 0 aromatic rings. The van der Waals surface area contributed by atoms with Gasteiger partial charge >= 0.3 is 12.1 Å². The molecule has 116 valence electrons. The fraction of sp³-hybridized carbons (Fsp3) is 0.846. The highest BCUT2D eigenvalue weighted by Crippen LogP contribution is 2.25. The van der Waals surface area contributed by atoms with Gasteiger partial charge in [-0.1, -0.05) is 19.3 Å². The van der Waals surface area contributed by atoms with Gasteiger partial charge in [0.25, 0.3) is 0 Å². The van der Waals surface area contributed by atoms with Crippen molar-refractivity contribution in [3.8, 4) is 0 Å². The van der Waals surface area contributed by atoms with E-state index in [1.807, 2.05) is 0 Å². The summed E-state index contributed by atoms with van der Waals surface area (Å²) >= 11 is 0. The second kappa shape index (κ2) is 7.50. The van der Waals surface area contributed by atoms with Crippen LogP contribution in [0, 0.1) is 5.92 Å². The summed E-state index contributed by atoms with van der Waals surface area (Å²) in [5.74, 6) is -1.53. The number of hydrogen-bond acceptors (Lipinski definition) is 3. The van der Waals surface area contributed by atoms with Gasteiger partial charge in [-0.05, 0) is 12.8 Å². The summed E-state index contributed by atoms with van der Waals surface area (Å²) in [4.78, 5) is 23.2. The van der Waals surface area contributed by atoms with Crippen molar-refractivity contribution < 1.29 is 27.5 Å². The van der Waals surface area contributed by atoms with Gasteiger partial charge in [0, 0.05) is 12.5 Å². The molecular weight excluding hydrogens is 275 g/mol. The lowest BCUT2D eigenvalue weighted by Crippen LogP contribution is -2.43. The molecule has 0 aromatic heterocycles. The fourth-order valence-corrected chi connectivity index (χ4v) is 2.45. The number of halogens is 3. The van der Waals surface area contributed by atoms with Gasteiger partial charge in [0.05, 0.1) is 19.4 Å². The highest BCUT2D eigenvalue weighted by atomic mass is 19.4. The Balaban J connectivity index is 2.56. The first-order valence-electron chi connectivity index (χ1n) is 6.77. The summed E-state index contributed by atoms with van der Waals surface area (Å²) in [5.41, 5.74) is 0. The fourth-order valence-electron chi connectivity index (χ4n) is 2.45. The van der Waals surface area contributed by atoms with E-state index < -0.39 is 42.9 Å². The maximum absolute atomic E-state index is 12.1. The molecule has 1 aliphatic rings. The van der Waals surface area contributed by atoms with Crippen molar-refractivity contribution in [3.63, 3.8) is 0 Å². The maximum Gasteiger partial charge on any atom is 0.389 e. The van der Waals surface area contributed by atoms with Gasteiger partial charge in [-0.25, -0.2) is 0 Å². The summed E-state index contributed by atoms with van der Waals surface area (Å²) in [6.45, 7) is 0. The van der Waals surface area contributed by atoms with Crippen molar-refractivity contribution in [2.45, 2.75) is 57.2 Å². The molecule has 1 aliphatic carbocycles. The maximum atomic E-state index is 12.1. The van der Waals surface area contributed by atoms with Crippen molar-refractivity contribution >= 4 is 11.9 Å². The van der Waals surface area contributed by atoms with Crippen LogP contribution in [-0.2, 0) is 14.3 Å². The number of rotatable bonds is 4. The van der Waals surface area contributed by atoms with E-state index in [4.69, 9.17) is 4.74 Å². The molecule has 1 N–H and O–H groups in total. The van der Waals surface area contributed by atoms with Crippen molar-refractivity contribution in [2.75, 3.05) is 7.11 Å². The number of amides is 1. The van der Waals surface area contributed by atoms with E-state index in [1.54, 1.807) is 0 Å². The molecule has 7 heteroatoms. The van der Waals surface area contributed by atoms with Gasteiger partial charge in [0.15, 0.2) is 0 Å². The van der Waals surface area contributed by atoms with E-state index >= 15 is 0 Å². The summed E-state index contributed by atoms with van der Waals surface area (Å²) in [5, 5.41) is 2.56. The first-order chi connectivity index (χ1) is 9.33. The lowest BCUT2D eigenvalue weighted by atomic mass is 9.94. The van der Waals surface area contributed by atoms with Crippen LogP contribution in [0.4, 0.5) is 13.2 Å². The zero-order valence-corrected chi connectivity index (χ0v) is 11.5. The smallest absolute Gasteiger partial charge is 0.389 e. The van der Waals surface area contributed by atoms with Crippen LogP contribution >= 0.6 is 0 Å². The van der Waals surface area contributed by atoms with Crippen LogP contribution in [0.1, 0.15) is 44.9 Å². The largest absolute Gasteiger partial charge is 0.469 e. The molecule has 0 spiro atoms. The van der Waals surface area contributed by atoms with Crippen LogP contribution in [0.3, 0.4) is 0 Å². The number of methoxy groups -OCH3 is 1. The predicted molar refractivity (Wildman–Crippen MR) is 65.8 cm³/mol. The lowest BCUT2D eigenvalue weighted by Gasteiger charge is -2.24. The quantitative estimate of drug-likeness (QED) is 0.640. The van der Waals surface area contributed by atoms with Gasteiger partial charge in [-0.3, -0.25) is 9.59 Å². The van der Waals surface area contributed by atoms with E-state index in [0.29, 0.717) is 12.8 Å². The molecule has 0 bridgehead atoms. The molecule has 1 saturated carbocycles. The zero-order valence-electron chi connectivity index (χ0n) is 11.5. The van der Waals surface area contributed by atoms with Crippen molar-refractivity contribution in [1.82, 2.24) is 5.32 Å². The topological polar surface area (TPSA) is 55.4 Å². The SMILES string of the molecule is COC(=O)[C@@H]1CCCCC[C@H]1NC(=O)CCC(F)(F)F. The number of alkyl halides is 3. The Labute approximate surface area is 116 Å².